The number of carbonyl (C=O) groups excluding carboxylic acids is 3. The van der Waals surface area contributed by atoms with Crippen molar-refractivity contribution in [2.75, 3.05) is 11.9 Å². The molecule has 3 N–H and O–H groups in total. The third-order valence-corrected chi connectivity index (χ3v) is 5.04. The van der Waals surface area contributed by atoms with Gasteiger partial charge in [-0.05, 0) is 66.9 Å². The third kappa shape index (κ3) is 7.31. The van der Waals surface area contributed by atoms with Gasteiger partial charge in [0, 0.05) is 10.2 Å². The van der Waals surface area contributed by atoms with E-state index in [4.69, 9.17) is 9.15 Å². The van der Waals surface area contributed by atoms with Crippen LogP contribution < -0.4 is 20.8 Å². The van der Waals surface area contributed by atoms with Crippen molar-refractivity contribution in [2.24, 2.45) is 5.10 Å². The van der Waals surface area contributed by atoms with Crippen molar-refractivity contribution in [2.45, 2.75) is 20.4 Å². The van der Waals surface area contributed by atoms with Crippen LogP contribution in [0.2, 0.25) is 0 Å². The zero-order valence-corrected chi connectivity index (χ0v) is 20.1. The van der Waals surface area contributed by atoms with Crippen LogP contribution in [-0.4, -0.2) is 30.5 Å². The summed E-state index contributed by atoms with van der Waals surface area (Å²) in [5, 5.41) is 9.06. The molecule has 1 aromatic heterocycles. The fourth-order valence-corrected chi connectivity index (χ4v) is 3.68. The quantitative estimate of drug-likeness (QED) is 0.235. The summed E-state index contributed by atoms with van der Waals surface area (Å²) in [4.78, 5) is 35.9. The molecular weight excluding hydrogens is 504 g/mol. The van der Waals surface area contributed by atoms with E-state index in [0.717, 1.165) is 21.3 Å². The molecule has 1 heterocycles. The second kappa shape index (κ2) is 11.8. The summed E-state index contributed by atoms with van der Waals surface area (Å²) in [7, 11) is 0. The number of ether oxygens (including phenoxy) is 1. The molecule has 0 aliphatic heterocycles. The number of halogens is 1. The van der Waals surface area contributed by atoms with Gasteiger partial charge in [0.05, 0.1) is 19.0 Å². The molecule has 0 atom stereocenters. The molecule has 176 valence electrons. The summed E-state index contributed by atoms with van der Waals surface area (Å²) in [6.07, 6.45) is 2.83. The van der Waals surface area contributed by atoms with Gasteiger partial charge in [-0.2, -0.15) is 5.10 Å². The zero-order chi connectivity index (χ0) is 24.5. The lowest BCUT2D eigenvalue weighted by atomic mass is 10.1. The largest absolute Gasteiger partial charge is 0.484 e. The third-order valence-electron chi connectivity index (χ3n) is 4.58. The zero-order valence-electron chi connectivity index (χ0n) is 18.6. The molecule has 0 bridgehead atoms. The van der Waals surface area contributed by atoms with E-state index in [1.54, 1.807) is 36.4 Å². The maximum Gasteiger partial charge on any atom is 0.329 e. The van der Waals surface area contributed by atoms with E-state index < -0.39 is 11.8 Å². The number of hydrogen-bond acceptors (Lipinski definition) is 6. The van der Waals surface area contributed by atoms with Crippen LogP contribution in [-0.2, 0) is 20.9 Å². The predicted molar refractivity (Wildman–Crippen MR) is 130 cm³/mol. The predicted octanol–water partition coefficient (Wildman–Crippen LogP) is 3.44. The molecule has 3 rings (SSSR count). The van der Waals surface area contributed by atoms with Gasteiger partial charge in [0.2, 0.25) is 0 Å². The molecule has 10 heteroatoms. The first-order valence-electron chi connectivity index (χ1n) is 10.2. The molecule has 0 saturated heterocycles. The number of hydrazone groups is 1. The molecular formula is C24H23BrN4O5. The molecule has 2 aromatic carbocycles. The Bertz CT molecular complexity index is 1180. The summed E-state index contributed by atoms with van der Waals surface area (Å²) in [5.74, 6) is -1.07. The van der Waals surface area contributed by atoms with Crippen LogP contribution in [0.1, 0.15) is 22.5 Å². The van der Waals surface area contributed by atoms with Crippen LogP contribution in [0.5, 0.6) is 5.75 Å². The Labute approximate surface area is 204 Å². The minimum atomic E-state index is -0.912. The van der Waals surface area contributed by atoms with E-state index in [0.29, 0.717) is 17.1 Å². The number of benzene rings is 2. The van der Waals surface area contributed by atoms with Crippen LogP contribution >= 0.6 is 15.9 Å². The number of nitrogens with zero attached hydrogens (tertiary/aromatic N) is 1. The lowest BCUT2D eigenvalue weighted by Gasteiger charge is -2.13. The number of rotatable bonds is 8. The minimum absolute atomic E-state index is 0.0941. The number of nitrogens with one attached hydrogen (secondary N) is 3. The first-order valence-corrected chi connectivity index (χ1v) is 11.0. The topological polar surface area (TPSA) is 122 Å². The van der Waals surface area contributed by atoms with E-state index in [-0.39, 0.29) is 19.1 Å². The number of anilines is 1. The van der Waals surface area contributed by atoms with Crippen molar-refractivity contribution in [1.82, 2.24) is 10.7 Å². The Hall–Kier alpha value is -3.92. The van der Waals surface area contributed by atoms with Gasteiger partial charge in [0.15, 0.2) is 6.61 Å². The van der Waals surface area contributed by atoms with Gasteiger partial charge in [-0.3, -0.25) is 14.4 Å². The summed E-state index contributed by atoms with van der Waals surface area (Å²) in [5.41, 5.74) is 5.39. The number of furan rings is 1. The first-order chi connectivity index (χ1) is 16.3. The van der Waals surface area contributed by atoms with Crippen LogP contribution in [0.4, 0.5) is 5.69 Å². The summed E-state index contributed by atoms with van der Waals surface area (Å²) >= 11 is 3.43. The maximum atomic E-state index is 12.3. The number of carbonyl (C=O) groups is 3. The standard InChI is InChI=1S/C24H23BrN4O5/c1-15-9-18(25)10-16(2)22(15)28-21(30)14-34-19-6-3-5-17(11-19)12-27-29-24(32)23(31)26-13-20-7-4-8-33-20/h3-12H,13-14H2,1-2H3,(H,26,31)(H,28,30)(H,29,32)/b27-12-. The summed E-state index contributed by atoms with van der Waals surface area (Å²) in [6, 6.07) is 14.0. The Morgan fingerprint density at radius 3 is 2.53 bits per heavy atom. The van der Waals surface area contributed by atoms with Gasteiger partial charge in [0.25, 0.3) is 5.91 Å². The van der Waals surface area contributed by atoms with Crippen LogP contribution in [0.25, 0.3) is 0 Å². The van der Waals surface area contributed by atoms with Gasteiger partial charge < -0.3 is 19.8 Å². The van der Waals surface area contributed by atoms with Gasteiger partial charge in [0.1, 0.15) is 11.5 Å². The number of aryl methyl sites for hydroxylation is 2. The molecule has 9 nitrogen and oxygen atoms in total. The van der Waals surface area contributed by atoms with E-state index in [9.17, 15) is 14.4 Å². The van der Waals surface area contributed by atoms with Crippen LogP contribution in [0, 0.1) is 13.8 Å². The number of amides is 3. The molecule has 0 aliphatic rings. The van der Waals surface area contributed by atoms with Crippen LogP contribution in [0.3, 0.4) is 0 Å². The lowest BCUT2D eigenvalue weighted by Crippen LogP contribution is -2.37. The van der Waals surface area contributed by atoms with Crippen molar-refractivity contribution in [1.29, 1.82) is 0 Å². The molecule has 0 saturated carbocycles. The smallest absolute Gasteiger partial charge is 0.329 e. The van der Waals surface area contributed by atoms with Crippen molar-refractivity contribution < 1.29 is 23.5 Å². The van der Waals surface area contributed by atoms with Gasteiger partial charge in [-0.1, -0.05) is 28.1 Å². The second-order valence-corrected chi connectivity index (χ2v) is 8.20. The molecule has 0 unspecified atom stereocenters. The molecule has 0 fully saturated rings. The Balaban J connectivity index is 1.47. The average molecular weight is 527 g/mol. The fourth-order valence-electron chi connectivity index (χ4n) is 2.99. The minimum Gasteiger partial charge on any atom is -0.484 e. The second-order valence-electron chi connectivity index (χ2n) is 7.29. The van der Waals surface area contributed by atoms with Crippen molar-refractivity contribution in [3.05, 3.63) is 81.7 Å². The van der Waals surface area contributed by atoms with Gasteiger partial charge in [-0.15, -0.1) is 0 Å². The summed E-state index contributed by atoms with van der Waals surface area (Å²) < 4.78 is 11.6. The van der Waals surface area contributed by atoms with E-state index in [2.05, 4.69) is 37.1 Å². The highest BCUT2D eigenvalue weighted by Gasteiger charge is 2.13. The van der Waals surface area contributed by atoms with E-state index >= 15 is 0 Å². The summed E-state index contributed by atoms with van der Waals surface area (Å²) in [6.45, 7) is 3.75. The average Bonchev–Trinajstić information content (AvgIpc) is 3.32. The molecule has 0 spiro atoms. The lowest BCUT2D eigenvalue weighted by molar-refractivity contribution is -0.139. The fraction of sp³-hybridized carbons (Fsp3) is 0.167. The normalized spacial score (nSPS) is 10.7. The van der Waals surface area contributed by atoms with Gasteiger partial charge in [-0.25, -0.2) is 5.43 Å². The van der Waals surface area contributed by atoms with Crippen molar-refractivity contribution in [3.63, 3.8) is 0 Å². The van der Waals surface area contributed by atoms with Crippen molar-refractivity contribution in [3.8, 4) is 5.75 Å². The Morgan fingerprint density at radius 2 is 1.82 bits per heavy atom. The Morgan fingerprint density at radius 1 is 1.06 bits per heavy atom. The molecule has 3 aromatic rings. The first kappa shape index (κ1) is 24.7. The molecule has 34 heavy (non-hydrogen) atoms. The van der Waals surface area contributed by atoms with Crippen LogP contribution in [0.15, 0.2) is 68.8 Å². The van der Waals surface area contributed by atoms with E-state index in [1.807, 2.05) is 26.0 Å². The Kier molecular flexibility index (Phi) is 8.58. The van der Waals surface area contributed by atoms with E-state index in [1.165, 1.54) is 12.5 Å². The molecule has 0 aliphatic carbocycles. The molecule has 3 amide bonds. The SMILES string of the molecule is Cc1cc(Br)cc(C)c1NC(=O)COc1cccc(/C=N\NC(=O)C(=O)NCc2ccco2)c1. The maximum absolute atomic E-state index is 12.3. The highest BCUT2D eigenvalue weighted by molar-refractivity contribution is 9.10. The van der Waals surface area contributed by atoms with Crippen molar-refractivity contribution >= 4 is 45.6 Å². The number of hydrogen-bond donors (Lipinski definition) is 3. The molecule has 0 radical (unpaired) electrons. The highest BCUT2D eigenvalue weighted by atomic mass is 79.9. The monoisotopic (exact) mass is 526 g/mol. The highest BCUT2D eigenvalue weighted by Crippen LogP contribution is 2.25. The van der Waals surface area contributed by atoms with Gasteiger partial charge >= 0.3 is 11.8 Å².